The van der Waals surface area contributed by atoms with Crippen LogP contribution in [0.15, 0.2) is 36.4 Å². The van der Waals surface area contributed by atoms with Gasteiger partial charge in [0.05, 0.1) is 16.7 Å². The van der Waals surface area contributed by atoms with E-state index in [1.54, 1.807) is 10.6 Å². The van der Waals surface area contributed by atoms with E-state index in [1.807, 2.05) is 44.2 Å². The number of rotatable bonds is 1. The number of fused-ring (bicyclic) bond motifs is 1. The Balaban J connectivity index is 2.36. The van der Waals surface area contributed by atoms with Gasteiger partial charge in [-0.15, -0.1) is 0 Å². The van der Waals surface area contributed by atoms with Crippen LogP contribution in [0.2, 0.25) is 0 Å². The van der Waals surface area contributed by atoms with Crippen LogP contribution in [-0.4, -0.2) is 14.7 Å². The van der Waals surface area contributed by atoms with Gasteiger partial charge in [-0.1, -0.05) is 12.1 Å². The summed E-state index contributed by atoms with van der Waals surface area (Å²) in [5.41, 5.74) is 10.5. The fraction of sp³-hybridized carbons (Fsp3) is 0.133. The largest absolute Gasteiger partial charge is 0.506 e. The second kappa shape index (κ2) is 4.02. The first-order valence-electron chi connectivity index (χ1n) is 6.11. The maximum Gasteiger partial charge on any atom is 0.206 e. The van der Waals surface area contributed by atoms with Crippen molar-refractivity contribution in [2.24, 2.45) is 0 Å². The number of hydrogen-bond acceptors (Lipinski definition) is 3. The smallest absolute Gasteiger partial charge is 0.206 e. The molecule has 1 heterocycles. The van der Waals surface area contributed by atoms with Crippen molar-refractivity contribution >= 4 is 17.0 Å². The summed E-state index contributed by atoms with van der Waals surface area (Å²) < 4.78 is 1.77. The van der Waals surface area contributed by atoms with E-state index in [4.69, 9.17) is 5.73 Å². The highest BCUT2D eigenvalue weighted by molar-refractivity contribution is 5.81. The first kappa shape index (κ1) is 11.6. The lowest BCUT2D eigenvalue weighted by Crippen LogP contribution is -2.01. The molecule has 2 aromatic carbocycles. The number of benzene rings is 2. The lowest BCUT2D eigenvalue weighted by molar-refractivity contribution is 0.472. The highest BCUT2D eigenvalue weighted by Gasteiger charge is 2.13. The number of anilines is 1. The van der Waals surface area contributed by atoms with Gasteiger partial charge in [-0.25, -0.2) is 4.98 Å². The maximum absolute atomic E-state index is 10.2. The molecule has 0 radical (unpaired) electrons. The van der Waals surface area contributed by atoms with Gasteiger partial charge in [0, 0.05) is 0 Å². The van der Waals surface area contributed by atoms with Crippen molar-refractivity contribution in [1.82, 2.24) is 9.55 Å². The summed E-state index contributed by atoms with van der Waals surface area (Å²) in [6.07, 6.45) is 0. The SMILES string of the molecule is Cc1cc(O)c(-n2c(N)nc3ccccc32)cc1C. The van der Waals surface area contributed by atoms with Crippen molar-refractivity contribution in [3.63, 3.8) is 0 Å². The van der Waals surface area contributed by atoms with Crippen LogP contribution in [0.3, 0.4) is 0 Å². The Morgan fingerprint density at radius 1 is 1.11 bits per heavy atom. The monoisotopic (exact) mass is 253 g/mol. The second-order valence-corrected chi connectivity index (χ2v) is 4.72. The first-order valence-corrected chi connectivity index (χ1v) is 6.11. The summed E-state index contributed by atoms with van der Waals surface area (Å²) in [5.74, 6) is 0.581. The molecule has 4 nitrogen and oxygen atoms in total. The second-order valence-electron chi connectivity index (χ2n) is 4.72. The van der Waals surface area contributed by atoms with Crippen LogP contribution in [-0.2, 0) is 0 Å². The minimum atomic E-state index is 0.206. The van der Waals surface area contributed by atoms with Gasteiger partial charge >= 0.3 is 0 Å². The molecule has 3 N–H and O–H groups in total. The first-order chi connectivity index (χ1) is 9.08. The molecule has 0 atom stereocenters. The molecule has 4 heteroatoms. The van der Waals surface area contributed by atoms with E-state index in [1.165, 1.54) is 0 Å². The Morgan fingerprint density at radius 3 is 2.58 bits per heavy atom. The van der Waals surface area contributed by atoms with Gasteiger partial charge in [0.1, 0.15) is 5.75 Å². The molecule has 19 heavy (non-hydrogen) atoms. The molecule has 0 aliphatic carbocycles. The number of para-hydroxylation sites is 2. The molecule has 0 bridgehead atoms. The van der Waals surface area contributed by atoms with E-state index in [0.29, 0.717) is 11.6 Å². The Hall–Kier alpha value is -2.49. The third-order valence-electron chi connectivity index (χ3n) is 3.42. The number of nitrogens with two attached hydrogens (primary N) is 1. The van der Waals surface area contributed by atoms with Crippen LogP contribution in [0.5, 0.6) is 5.75 Å². The zero-order chi connectivity index (χ0) is 13.6. The highest BCUT2D eigenvalue weighted by Crippen LogP contribution is 2.30. The molecule has 0 saturated carbocycles. The van der Waals surface area contributed by atoms with Gasteiger partial charge in [-0.3, -0.25) is 4.57 Å². The lowest BCUT2D eigenvalue weighted by Gasteiger charge is -2.11. The van der Waals surface area contributed by atoms with Crippen molar-refractivity contribution in [2.75, 3.05) is 5.73 Å². The Labute approximate surface area is 111 Å². The average Bonchev–Trinajstić information content (AvgIpc) is 2.70. The van der Waals surface area contributed by atoms with Gasteiger partial charge in [0.25, 0.3) is 0 Å². The van der Waals surface area contributed by atoms with Gasteiger partial charge in [0.2, 0.25) is 5.95 Å². The van der Waals surface area contributed by atoms with E-state index in [0.717, 1.165) is 22.2 Å². The summed E-state index contributed by atoms with van der Waals surface area (Å²) in [6, 6.07) is 11.4. The van der Waals surface area contributed by atoms with Crippen LogP contribution in [0, 0.1) is 13.8 Å². The summed E-state index contributed by atoms with van der Waals surface area (Å²) in [4.78, 5) is 4.31. The van der Waals surface area contributed by atoms with Crippen LogP contribution >= 0.6 is 0 Å². The van der Waals surface area contributed by atoms with E-state index < -0.39 is 0 Å². The van der Waals surface area contributed by atoms with E-state index in [9.17, 15) is 5.11 Å². The van der Waals surface area contributed by atoms with Crippen LogP contribution < -0.4 is 5.73 Å². The molecule has 0 spiro atoms. The quantitative estimate of drug-likeness (QED) is 0.700. The minimum absolute atomic E-state index is 0.206. The molecule has 3 aromatic rings. The van der Waals surface area contributed by atoms with Crippen molar-refractivity contribution in [2.45, 2.75) is 13.8 Å². The number of nitrogen functional groups attached to an aromatic ring is 1. The number of phenolic OH excluding ortho intramolecular Hbond substituents is 1. The Morgan fingerprint density at radius 2 is 1.79 bits per heavy atom. The number of nitrogens with zero attached hydrogens (tertiary/aromatic N) is 2. The molecule has 0 aliphatic rings. The summed E-state index contributed by atoms with van der Waals surface area (Å²) in [6.45, 7) is 3.97. The van der Waals surface area contributed by atoms with Crippen molar-refractivity contribution in [1.29, 1.82) is 0 Å². The Bertz CT molecular complexity index is 774. The third-order valence-corrected chi connectivity index (χ3v) is 3.42. The topological polar surface area (TPSA) is 64.1 Å². The zero-order valence-corrected chi connectivity index (χ0v) is 10.9. The molecular formula is C15H15N3O. The summed E-state index contributed by atoms with van der Waals surface area (Å²) in [5, 5.41) is 10.2. The van der Waals surface area contributed by atoms with Gasteiger partial charge in [-0.2, -0.15) is 0 Å². The van der Waals surface area contributed by atoms with Gasteiger partial charge in [0.15, 0.2) is 0 Å². The van der Waals surface area contributed by atoms with E-state index >= 15 is 0 Å². The fourth-order valence-corrected chi connectivity index (χ4v) is 2.26. The van der Waals surface area contributed by atoms with E-state index in [-0.39, 0.29) is 5.75 Å². The number of aromatic nitrogens is 2. The number of aromatic hydroxyl groups is 1. The average molecular weight is 253 g/mol. The molecule has 96 valence electrons. The third kappa shape index (κ3) is 1.73. The van der Waals surface area contributed by atoms with Crippen molar-refractivity contribution < 1.29 is 5.11 Å². The molecule has 0 unspecified atom stereocenters. The standard InChI is InChI=1S/C15H15N3O/c1-9-7-13(14(19)8-10(9)2)18-12-6-4-3-5-11(12)17-15(18)16/h3-8,19H,1-2H3,(H2,16,17). The molecule has 3 rings (SSSR count). The lowest BCUT2D eigenvalue weighted by atomic mass is 10.1. The van der Waals surface area contributed by atoms with Gasteiger partial charge < -0.3 is 10.8 Å². The predicted molar refractivity (Wildman–Crippen MR) is 76.6 cm³/mol. The van der Waals surface area contributed by atoms with Crippen LogP contribution in [0.1, 0.15) is 11.1 Å². The van der Waals surface area contributed by atoms with Crippen LogP contribution in [0.4, 0.5) is 5.95 Å². The maximum atomic E-state index is 10.2. The number of aryl methyl sites for hydroxylation is 2. The van der Waals surface area contributed by atoms with Crippen molar-refractivity contribution in [3.05, 3.63) is 47.5 Å². The normalized spacial score (nSPS) is 11.1. The van der Waals surface area contributed by atoms with Crippen LogP contribution in [0.25, 0.3) is 16.7 Å². The molecule has 1 aromatic heterocycles. The minimum Gasteiger partial charge on any atom is -0.506 e. The Kier molecular flexibility index (Phi) is 2.45. The van der Waals surface area contributed by atoms with E-state index in [2.05, 4.69) is 4.98 Å². The van der Waals surface area contributed by atoms with Crippen molar-refractivity contribution in [3.8, 4) is 11.4 Å². The zero-order valence-electron chi connectivity index (χ0n) is 10.9. The number of hydrogen-bond donors (Lipinski definition) is 2. The summed E-state index contributed by atoms with van der Waals surface area (Å²) >= 11 is 0. The summed E-state index contributed by atoms with van der Waals surface area (Å²) in [7, 11) is 0. The molecule has 0 amide bonds. The number of imidazole rings is 1. The molecule has 0 aliphatic heterocycles. The fourth-order valence-electron chi connectivity index (χ4n) is 2.26. The predicted octanol–water partition coefficient (Wildman–Crippen LogP) is 2.93. The molecular weight excluding hydrogens is 238 g/mol. The molecule has 0 saturated heterocycles. The number of phenols is 1. The highest BCUT2D eigenvalue weighted by atomic mass is 16.3. The molecule has 0 fully saturated rings. The van der Waals surface area contributed by atoms with Gasteiger partial charge in [-0.05, 0) is 49.2 Å².